The summed E-state index contributed by atoms with van der Waals surface area (Å²) in [6.45, 7) is 26.4. The second kappa shape index (κ2) is 27.2. The van der Waals surface area contributed by atoms with Gasteiger partial charge in [-0.3, -0.25) is 0 Å². The van der Waals surface area contributed by atoms with Gasteiger partial charge < -0.3 is 4.74 Å². The zero-order chi connectivity index (χ0) is 67.1. The van der Waals surface area contributed by atoms with Gasteiger partial charge in [0, 0.05) is 25.5 Å². The molecule has 1 fully saturated rings. The van der Waals surface area contributed by atoms with Crippen LogP contribution < -0.4 is 21.9 Å². The van der Waals surface area contributed by atoms with Gasteiger partial charge in [-0.2, -0.15) is 127 Å². The number of alkyl halides is 24. The zero-order valence-electron chi connectivity index (χ0n) is 48.8. The van der Waals surface area contributed by atoms with Crippen molar-refractivity contribution in [2.24, 2.45) is 15.8 Å². The number of hydrogen-bond acceptors (Lipinski definition) is 2. The number of nitrogens with zero attached hydrogens (tertiary/aromatic N) is 1. The first-order chi connectivity index (χ1) is 38.8. The van der Waals surface area contributed by atoms with Gasteiger partial charge in [-0.15, -0.1) is 0 Å². The molecule has 6 rings (SSSR count). The summed E-state index contributed by atoms with van der Waals surface area (Å²) in [6.07, 6.45) is -39.6. The standard InChI is InChI=1S/C32H12BF24.C19H38NOP.C8H12.Ir/c34-25(35,36)13-1-14(26(37,38)39)6-21(5-13)33(22-7-15(27(40,41)42)2-16(8-22)28(43,44)45,23-9-17(29(46,47)48)3-18(10-23)30(49,50)51)24-11-19(31(52,53)54)4-20(12-24)32(55,56)57;1-16(2,3)14-12-21-15(20-14)19(10,11)13-22(17(4,5)6)18(7,8)9;1-2-4-6-8-7-5-3-1;/h1-12H;14H,12-13H2,1-11H3;1-2,7-8H,3-6H2;/q-1;;;/t;14-;;/m.1../s1. The van der Waals surface area contributed by atoms with Crippen LogP contribution in [0.15, 0.2) is 77.8 Å². The van der Waals surface area contributed by atoms with Gasteiger partial charge in [-0.25, -0.2) is 4.99 Å². The van der Waals surface area contributed by atoms with Crippen LogP contribution in [0.4, 0.5) is 105 Å². The summed E-state index contributed by atoms with van der Waals surface area (Å²) in [6, 6.07) is -8.52. The maximum absolute atomic E-state index is 14.2. The molecule has 2 aliphatic rings. The Morgan fingerprint density at radius 3 is 0.727 bits per heavy atom. The molecule has 0 spiro atoms. The molecule has 5 radical (unpaired) electrons. The second-order valence-electron chi connectivity index (χ2n) is 24.8. The molecule has 4 aromatic carbocycles. The summed E-state index contributed by atoms with van der Waals surface area (Å²) in [7, 11) is -0.150. The average molecular weight is 1490 g/mol. The first-order valence-electron chi connectivity index (χ1n) is 26.5. The Morgan fingerprint density at radius 1 is 0.364 bits per heavy atom. The van der Waals surface area contributed by atoms with Crippen molar-refractivity contribution in [1.29, 1.82) is 0 Å². The number of benzene rings is 4. The van der Waals surface area contributed by atoms with Crippen molar-refractivity contribution < 1.29 is 130 Å². The van der Waals surface area contributed by atoms with Crippen LogP contribution in [0.5, 0.6) is 0 Å². The quantitative estimate of drug-likeness (QED) is 0.103. The predicted octanol–water partition coefficient (Wildman–Crippen LogP) is 19.5. The minimum Gasteiger partial charge on any atom is -0.478 e. The molecule has 0 unspecified atom stereocenters. The summed E-state index contributed by atoms with van der Waals surface area (Å²) in [5.41, 5.74) is -30.0. The van der Waals surface area contributed by atoms with Gasteiger partial charge in [0.05, 0.1) is 50.5 Å². The average Bonchev–Trinajstić information content (AvgIpc) is 0.813. The van der Waals surface area contributed by atoms with Gasteiger partial charge in [0.2, 0.25) is 0 Å². The molecule has 0 aromatic heterocycles. The van der Waals surface area contributed by atoms with E-state index in [1.54, 1.807) is 0 Å². The Balaban J connectivity index is 0.000000533. The molecule has 1 heterocycles. The van der Waals surface area contributed by atoms with Crippen molar-refractivity contribution in [3.8, 4) is 0 Å². The molecule has 29 heteroatoms. The number of ether oxygens (including phenoxy) is 1. The molecule has 0 bridgehead atoms. The number of hydrogen-bond donors (Lipinski definition) is 0. The molecule has 1 aliphatic heterocycles. The van der Waals surface area contributed by atoms with E-state index in [4.69, 9.17) is 9.73 Å². The van der Waals surface area contributed by atoms with Crippen LogP contribution in [0.3, 0.4) is 0 Å². The van der Waals surface area contributed by atoms with Crippen molar-refractivity contribution in [3.63, 3.8) is 0 Å². The van der Waals surface area contributed by atoms with Gasteiger partial charge in [0.1, 0.15) is 12.8 Å². The minimum atomic E-state index is -6.13. The van der Waals surface area contributed by atoms with E-state index in [9.17, 15) is 105 Å². The largest absolute Gasteiger partial charge is 0.478 e. The number of halogens is 24. The second-order valence-corrected chi connectivity index (χ2v) is 28.6. The molecule has 1 aliphatic carbocycles. The van der Waals surface area contributed by atoms with E-state index >= 15 is 0 Å². The van der Waals surface area contributed by atoms with E-state index in [1.165, 1.54) is 31.8 Å². The van der Waals surface area contributed by atoms with Gasteiger partial charge >= 0.3 is 49.4 Å². The van der Waals surface area contributed by atoms with Gasteiger partial charge in [-0.05, 0) is 97.5 Å². The van der Waals surface area contributed by atoms with Crippen molar-refractivity contribution in [1.82, 2.24) is 0 Å². The summed E-state index contributed by atoms with van der Waals surface area (Å²) >= 11 is 0. The summed E-state index contributed by atoms with van der Waals surface area (Å²) in [4.78, 5) is 4.95. The Morgan fingerprint density at radius 2 is 0.568 bits per heavy atom. The van der Waals surface area contributed by atoms with E-state index in [-0.39, 0.29) is 44.9 Å². The number of aliphatic imine (C=N–C) groups is 1. The molecule has 0 saturated heterocycles. The zero-order valence-corrected chi connectivity index (χ0v) is 52.1. The molecule has 1 atom stereocenters. The fourth-order valence-corrected chi connectivity index (χ4v) is 13.9. The third kappa shape index (κ3) is 20.4. The van der Waals surface area contributed by atoms with Crippen molar-refractivity contribution in [3.05, 3.63) is 143 Å². The monoisotopic (exact) mass is 1490 g/mol. The molecule has 0 N–H and O–H groups in total. The van der Waals surface area contributed by atoms with E-state index in [2.05, 4.69) is 102 Å². The molecule has 1 saturated carbocycles. The third-order valence-electron chi connectivity index (χ3n) is 14.2. The van der Waals surface area contributed by atoms with Crippen LogP contribution in [-0.2, 0) is 74.3 Å². The third-order valence-corrected chi connectivity index (χ3v) is 18.5. The molecule has 88 heavy (non-hydrogen) atoms. The van der Waals surface area contributed by atoms with Crippen LogP contribution in [0.25, 0.3) is 0 Å². The van der Waals surface area contributed by atoms with E-state index in [0.29, 0.717) is 10.3 Å². The fourth-order valence-electron chi connectivity index (χ4n) is 10.1. The van der Waals surface area contributed by atoms with Crippen LogP contribution in [-0.4, -0.2) is 41.2 Å². The van der Waals surface area contributed by atoms with Crippen LogP contribution >= 0.6 is 7.92 Å². The topological polar surface area (TPSA) is 21.6 Å². The fraction of sp³-hybridized carbons (Fsp3) is 0.508. The molecule has 2 nitrogen and oxygen atoms in total. The van der Waals surface area contributed by atoms with Gasteiger partial charge in [0.15, 0.2) is 5.90 Å². The summed E-state index contributed by atoms with van der Waals surface area (Å²) < 4.78 is 347. The Kier molecular flexibility index (Phi) is 24.1. The molecular formula is C59H62BF24IrNOP-. The van der Waals surface area contributed by atoms with Crippen LogP contribution in [0.1, 0.15) is 146 Å². The first kappa shape index (κ1) is 78.1. The van der Waals surface area contributed by atoms with E-state index in [0.717, 1.165) is 12.5 Å². The Hall–Kier alpha value is -4.19. The van der Waals surface area contributed by atoms with Crippen LogP contribution in [0, 0.1) is 36.5 Å². The van der Waals surface area contributed by atoms with Crippen molar-refractivity contribution >= 4 is 41.8 Å². The molecule has 4 aromatic rings. The molecular weight excluding hydrogens is 1430 g/mol. The maximum atomic E-state index is 14.2. The smallest absolute Gasteiger partial charge is 0.416 e. The predicted molar refractivity (Wildman–Crippen MR) is 287 cm³/mol. The SMILES string of the molecule is CC(C)(CP(C(C)(C)C)C(C)(C)C)C1=N[C@@H](C(C)(C)C)CO1.FC(F)(F)c1cc([B-](c2cc(C(F)(F)F)cc(C(F)(F)F)c2)(c2cc(C(F)(F)F)cc(C(F)(F)F)c2)c2cc(C(F)(F)F)cc(C(F)(F)F)c2)cc(C(F)(F)F)c1.[CH]1[CH]CC[CH][CH]CC1.[Ir]. The minimum absolute atomic E-state index is 0. The Labute approximate surface area is 509 Å². The molecule has 495 valence electrons. The molecule has 0 amide bonds. The summed E-state index contributed by atoms with van der Waals surface area (Å²) in [5, 5.41) is 0.681. The van der Waals surface area contributed by atoms with Crippen molar-refractivity contribution in [2.75, 3.05) is 12.8 Å². The van der Waals surface area contributed by atoms with E-state index in [1.807, 2.05) is 0 Å². The van der Waals surface area contributed by atoms with Gasteiger partial charge in [-0.1, -0.05) is 133 Å². The van der Waals surface area contributed by atoms with Crippen molar-refractivity contribution in [2.45, 2.75) is 168 Å². The summed E-state index contributed by atoms with van der Waals surface area (Å²) in [5.74, 6) is 0.980. The first-order valence-corrected chi connectivity index (χ1v) is 28.0. The van der Waals surface area contributed by atoms with E-state index < -0.39 is 195 Å². The number of rotatable bonds is 7. The Bertz CT molecular complexity index is 2540. The van der Waals surface area contributed by atoms with Crippen LogP contribution in [0.2, 0.25) is 0 Å². The maximum Gasteiger partial charge on any atom is 0.416 e. The van der Waals surface area contributed by atoms with Gasteiger partial charge in [0.25, 0.3) is 0 Å². The normalized spacial score (nSPS) is 16.7.